The van der Waals surface area contributed by atoms with Crippen LogP contribution in [-0.4, -0.2) is 50.7 Å². The lowest BCUT2D eigenvalue weighted by molar-refractivity contribution is -0.274. The molecule has 0 spiro atoms. The van der Waals surface area contributed by atoms with Crippen LogP contribution >= 0.6 is 11.6 Å². The molecule has 4 rings (SSSR count). The Morgan fingerprint density at radius 3 is 2.54 bits per heavy atom. The molecular weight excluding hydrogens is 487 g/mol. The zero-order valence-electron chi connectivity index (χ0n) is 18.3. The van der Waals surface area contributed by atoms with Gasteiger partial charge in [0.1, 0.15) is 18.3 Å². The maximum Gasteiger partial charge on any atom is 0.573 e. The summed E-state index contributed by atoms with van der Waals surface area (Å²) in [7, 11) is 0. The number of hydrogen-bond acceptors (Lipinski definition) is 5. The highest BCUT2D eigenvalue weighted by molar-refractivity contribution is 6.33. The highest BCUT2D eigenvalue weighted by atomic mass is 35.5. The van der Waals surface area contributed by atoms with E-state index in [1.165, 1.54) is 58.5 Å². The van der Waals surface area contributed by atoms with Gasteiger partial charge in [-0.25, -0.2) is 0 Å². The van der Waals surface area contributed by atoms with Gasteiger partial charge in [0.25, 0.3) is 0 Å². The smallest absolute Gasteiger partial charge is 0.405 e. The van der Waals surface area contributed by atoms with Crippen molar-refractivity contribution in [2.45, 2.75) is 38.2 Å². The Labute approximate surface area is 203 Å². The average molecular weight is 508 g/mol. The van der Waals surface area contributed by atoms with Crippen molar-refractivity contribution in [3.05, 3.63) is 59.9 Å². The third-order valence-corrected chi connectivity index (χ3v) is 5.82. The molecule has 35 heavy (non-hydrogen) atoms. The van der Waals surface area contributed by atoms with Crippen LogP contribution in [0.25, 0.3) is 11.1 Å². The van der Waals surface area contributed by atoms with E-state index in [4.69, 9.17) is 11.6 Å². The van der Waals surface area contributed by atoms with Crippen LogP contribution in [0.2, 0.25) is 5.02 Å². The minimum atomic E-state index is -4.85. The zero-order valence-corrected chi connectivity index (χ0v) is 19.1. The molecule has 0 saturated carbocycles. The number of carbonyl (C=O) groups excluding carboxylic acids is 2. The summed E-state index contributed by atoms with van der Waals surface area (Å²) < 4.78 is 42.4. The minimum absolute atomic E-state index is 0.0727. The van der Waals surface area contributed by atoms with Crippen molar-refractivity contribution in [3.63, 3.8) is 0 Å². The molecule has 2 aromatic carbocycles. The fourth-order valence-corrected chi connectivity index (χ4v) is 4.26. The summed E-state index contributed by atoms with van der Waals surface area (Å²) in [5.74, 6) is -1.03. The zero-order chi connectivity index (χ0) is 25.0. The molecule has 1 aromatic heterocycles. The number of alkyl halides is 3. The molecule has 184 valence electrons. The Kier molecular flexibility index (Phi) is 7.25. The Morgan fingerprint density at radius 1 is 1.09 bits per heavy atom. The molecule has 2 heterocycles. The summed E-state index contributed by atoms with van der Waals surface area (Å²) in [4.78, 5) is 28.6. The molecule has 12 heteroatoms. The van der Waals surface area contributed by atoms with E-state index in [-0.39, 0.29) is 34.7 Å². The number of ether oxygens (including phenoxy) is 1. The largest absolute Gasteiger partial charge is 0.573 e. The summed E-state index contributed by atoms with van der Waals surface area (Å²) in [6.07, 6.45) is 0.147. The highest BCUT2D eigenvalue weighted by Gasteiger charge is 2.33. The minimum Gasteiger partial charge on any atom is -0.405 e. The molecule has 1 N–H and O–H groups in total. The van der Waals surface area contributed by atoms with E-state index in [1.54, 1.807) is 6.07 Å². The van der Waals surface area contributed by atoms with Gasteiger partial charge in [-0.15, -0.1) is 13.2 Å². The van der Waals surface area contributed by atoms with Crippen LogP contribution in [0.5, 0.6) is 5.75 Å². The third-order valence-electron chi connectivity index (χ3n) is 5.51. The van der Waals surface area contributed by atoms with Gasteiger partial charge < -0.3 is 15.0 Å². The Morgan fingerprint density at radius 2 is 1.83 bits per heavy atom. The number of anilines is 1. The van der Waals surface area contributed by atoms with Crippen LogP contribution in [0, 0.1) is 0 Å². The second kappa shape index (κ2) is 10.3. The second-order valence-electron chi connectivity index (χ2n) is 7.89. The number of piperidine rings is 1. The molecule has 1 atom stereocenters. The normalized spacial score (nSPS) is 16.1. The van der Waals surface area contributed by atoms with Gasteiger partial charge in [-0.05, 0) is 37.5 Å². The maximum absolute atomic E-state index is 13.0. The molecule has 8 nitrogen and oxygen atoms in total. The quantitative estimate of drug-likeness (QED) is 0.530. The number of nitrogens with zero attached hydrogens (tertiary/aromatic N) is 4. The average Bonchev–Trinajstić information content (AvgIpc) is 3.32. The molecule has 0 unspecified atom stereocenters. The van der Waals surface area contributed by atoms with Gasteiger partial charge in [0, 0.05) is 23.4 Å². The maximum atomic E-state index is 13.0. The Bertz CT molecular complexity index is 1200. The van der Waals surface area contributed by atoms with Crippen molar-refractivity contribution in [2.75, 3.05) is 11.9 Å². The molecular formula is C23H21ClF3N5O3. The van der Waals surface area contributed by atoms with Crippen LogP contribution in [0.4, 0.5) is 18.9 Å². The number of halogens is 4. The van der Waals surface area contributed by atoms with Gasteiger partial charge in [-0.1, -0.05) is 35.9 Å². The van der Waals surface area contributed by atoms with E-state index < -0.39 is 12.4 Å². The molecule has 1 aliphatic heterocycles. The lowest BCUT2D eigenvalue weighted by atomic mass is 10.0. The van der Waals surface area contributed by atoms with Gasteiger partial charge in [-0.3, -0.25) is 9.59 Å². The Balaban J connectivity index is 1.49. The van der Waals surface area contributed by atoms with E-state index >= 15 is 0 Å². The van der Waals surface area contributed by atoms with Crippen molar-refractivity contribution < 1.29 is 27.5 Å². The fourth-order valence-electron chi connectivity index (χ4n) is 3.98. The molecule has 0 aliphatic carbocycles. The van der Waals surface area contributed by atoms with Crippen molar-refractivity contribution in [2.24, 2.45) is 0 Å². The summed E-state index contributed by atoms with van der Waals surface area (Å²) in [6, 6.07) is 9.46. The van der Waals surface area contributed by atoms with Crippen molar-refractivity contribution in [1.82, 2.24) is 19.9 Å². The van der Waals surface area contributed by atoms with E-state index in [9.17, 15) is 22.8 Å². The molecule has 1 fully saturated rings. The van der Waals surface area contributed by atoms with Gasteiger partial charge >= 0.3 is 6.36 Å². The third kappa shape index (κ3) is 6.10. The molecule has 3 aromatic rings. The number of rotatable bonds is 6. The van der Waals surface area contributed by atoms with E-state index in [2.05, 4.69) is 20.3 Å². The van der Waals surface area contributed by atoms with E-state index in [0.717, 1.165) is 12.8 Å². The topological polar surface area (TPSA) is 89.4 Å². The summed E-state index contributed by atoms with van der Waals surface area (Å²) >= 11 is 6.37. The van der Waals surface area contributed by atoms with Crippen LogP contribution in [0.1, 0.15) is 19.3 Å². The first-order valence-electron chi connectivity index (χ1n) is 10.8. The van der Waals surface area contributed by atoms with Crippen LogP contribution in [0.15, 0.2) is 54.9 Å². The number of amides is 2. The lowest BCUT2D eigenvalue weighted by Crippen LogP contribution is -2.51. The SMILES string of the molecule is O=C(Nc1ccc(-c2ccccc2OC(F)(F)F)c(Cl)c1)[C@H]1CCCCN1C(=O)Cn1nccn1. The van der Waals surface area contributed by atoms with Crippen LogP contribution in [-0.2, 0) is 16.1 Å². The number of aromatic nitrogens is 3. The first kappa shape index (κ1) is 24.5. The highest BCUT2D eigenvalue weighted by Crippen LogP contribution is 2.38. The number of likely N-dealkylation sites (tertiary alicyclic amines) is 1. The summed E-state index contributed by atoms with van der Waals surface area (Å²) in [5.41, 5.74) is 0.819. The van der Waals surface area contributed by atoms with Crippen LogP contribution < -0.4 is 10.1 Å². The molecule has 0 bridgehead atoms. The van der Waals surface area contributed by atoms with Gasteiger partial charge in [0.15, 0.2) is 0 Å². The fraction of sp³-hybridized carbons (Fsp3) is 0.304. The van der Waals surface area contributed by atoms with Gasteiger partial charge in [0.05, 0.1) is 17.4 Å². The predicted molar refractivity (Wildman–Crippen MR) is 122 cm³/mol. The summed E-state index contributed by atoms with van der Waals surface area (Å²) in [5, 5.41) is 10.7. The number of benzene rings is 2. The lowest BCUT2D eigenvalue weighted by Gasteiger charge is -2.34. The standard InChI is InChI=1S/C23H21ClF3N5O3/c24-18-13-15(8-9-16(18)17-5-1-2-7-20(17)35-23(25,26)27)30-22(34)19-6-3-4-12-31(19)21(33)14-32-28-10-11-29-32/h1-2,5,7-11,13,19H,3-4,6,12,14H2,(H,30,34)/t19-/m1/s1. The second-order valence-corrected chi connectivity index (χ2v) is 8.29. The van der Waals surface area contributed by atoms with Crippen molar-refractivity contribution >= 4 is 29.1 Å². The Hall–Kier alpha value is -3.60. The van der Waals surface area contributed by atoms with Crippen LogP contribution in [0.3, 0.4) is 0 Å². The number of carbonyl (C=O) groups is 2. The molecule has 0 radical (unpaired) electrons. The monoisotopic (exact) mass is 507 g/mol. The first-order chi connectivity index (χ1) is 16.7. The number of hydrogen-bond donors (Lipinski definition) is 1. The first-order valence-corrected chi connectivity index (χ1v) is 11.2. The van der Waals surface area contributed by atoms with Gasteiger partial charge in [0.2, 0.25) is 11.8 Å². The van der Waals surface area contributed by atoms with E-state index in [1.807, 2.05) is 0 Å². The van der Waals surface area contributed by atoms with Crippen molar-refractivity contribution in [3.8, 4) is 16.9 Å². The van der Waals surface area contributed by atoms with Gasteiger partial charge in [-0.2, -0.15) is 15.0 Å². The molecule has 1 saturated heterocycles. The number of nitrogens with one attached hydrogen (secondary N) is 1. The predicted octanol–water partition coefficient (Wildman–Crippen LogP) is 4.52. The van der Waals surface area contributed by atoms with Crippen molar-refractivity contribution in [1.29, 1.82) is 0 Å². The molecule has 2 amide bonds. The summed E-state index contributed by atoms with van der Waals surface area (Å²) in [6.45, 7) is 0.366. The van der Waals surface area contributed by atoms with E-state index in [0.29, 0.717) is 24.2 Å². The molecule has 1 aliphatic rings. The number of para-hydroxylation sites is 1.